The number of ether oxygens (including phenoxy) is 1. The quantitative estimate of drug-likeness (QED) is 0.581. The van der Waals surface area contributed by atoms with Crippen LogP contribution in [0.3, 0.4) is 0 Å². The maximum atomic E-state index is 13.1. The summed E-state index contributed by atoms with van der Waals surface area (Å²) in [6, 6.07) is 6.01. The molecule has 0 bridgehead atoms. The molecular formula is C21H28N2O3. The molecule has 2 aliphatic rings. The Morgan fingerprint density at radius 2 is 1.73 bits per heavy atom. The number of amides is 2. The van der Waals surface area contributed by atoms with Gasteiger partial charge in [-0.3, -0.25) is 14.5 Å². The first kappa shape index (κ1) is 18.6. The van der Waals surface area contributed by atoms with E-state index < -0.39 is 0 Å². The summed E-state index contributed by atoms with van der Waals surface area (Å²) in [5.74, 6) is -0.323. The monoisotopic (exact) mass is 356 g/mol. The molecule has 0 N–H and O–H groups in total. The predicted molar refractivity (Wildman–Crippen MR) is 101 cm³/mol. The van der Waals surface area contributed by atoms with Gasteiger partial charge >= 0.3 is 0 Å². The summed E-state index contributed by atoms with van der Waals surface area (Å²) in [6.45, 7) is 6.71. The molecule has 0 radical (unpaired) electrons. The smallest absolute Gasteiger partial charge is 0.277 e. The van der Waals surface area contributed by atoms with Gasteiger partial charge in [-0.15, -0.1) is 0 Å². The van der Waals surface area contributed by atoms with Crippen molar-refractivity contribution >= 4 is 17.4 Å². The van der Waals surface area contributed by atoms with Crippen molar-refractivity contribution in [2.45, 2.75) is 39.5 Å². The van der Waals surface area contributed by atoms with Gasteiger partial charge in [0.1, 0.15) is 5.70 Å². The zero-order valence-corrected chi connectivity index (χ0v) is 16.0. The molecule has 5 nitrogen and oxygen atoms in total. The van der Waals surface area contributed by atoms with Crippen molar-refractivity contribution in [1.82, 2.24) is 9.80 Å². The number of carbonyl (C=O) groups is 2. The fourth-order valence-electron chi connectivity index (χ4n) is 3.70. The maximum Gasteiger partial charge on any atom is 0.277 e. The lowest BCUT2D eigenvalue weighted by molar-refractivity contribution is -0.137. The van der Waals surface area contributed by atoms with Crippen LogP contribution in [0.4, 0.5) is 0 Å². The van der Waals surface area contributed by atoms with E-state index in [-0.39, 0.29) is 11.8 Å². The molecule has 0 atom stereocenters. The summed E-state index contributed by atoms with van der Waals surface area (Å²) in [4.78, 5) is 29.8. The molecule has 26 heavy (non-hydrogen) atoms. The van der Waals surface area contributed by atoms with Crippen LogP contribution in [0.1, 0.15) is 42.4 Å². The number of hydrogen-bond acceptors (Lipinski definition) is 4. The van der Waals surface area contributed by atoms with Crippen LogP contribution in [0.15, 0.2) is 23.9 Å². The molecule has 2 aliphatic heterocycles. The Kier molecular flexibility index (Phi) is 5.77. The number of carbonyl (C=O) groups excluding carboxylic acids is 2. The zero-order valence-electron chi connectivity index (χ0n) is 16.0. The van der Waals surface area contributed by atoms with E-state index in [1.807, 2.05) is 25.1 Å². The average molecular weight is 356 g/mol. The predicted octanol–water partition coefficient (Wildman–Crippen LogP) is 2.91. The SMILES string of the molecule is COCCCN1C(=O)C(c2ccc(C)c(C)c2)=C(N2CCCCC2)C1=O. The molecule has 0 aliphatic carbocycles. The van der Waals surface area contributed by atoms with Crippen LogP contribution in [-0.4, -0.2) is 55.0 Å². The first-order valence-corrected chi connectivity index (χ1v) is 9.46. The van der Waals surface area contributed by atoms with E-state index in [2.05, 4.69) is 11.8 Å². The number of hydrogen-bond donors (Lipinski definition) is 0. The van der Waals surface area contributed by atoms with Crippen LogP contribution in [0.5, 0.6) is 0 Å². The molecule has 0 aromatic heterocycles. The first-order valence-electron chi connectivity index (χ1n) is 9.46. The molecule has 2 amide bonds. The van der Waals surface area contributed by atoms with E-state index in [0.29, 0.717) is 30.8 Å². The fraction of sp³-hybridized carbons (Fsp3) is 0.524. The van der Waals surface area contributed by atoms with Gasteiger partial charge in [0.25, 0.3) is 11.8 Å². The molecule has 5 heteroatoms. The molecular weight excluding hydrogens is 328 g/mol. The van der Waals surface area contributed by atoms with Gasteiger partial charge in [-0.05, 0) is 56.2 Å². The Bertz CT molecular complexity index is 733. The Labute approximate surface area is 155 Å². The minimum atomic E-state index is -0.171. The van der Waals surface area contributed by atoms with Gasteiger partial charge in [0.05, 0.1) is 5.57 Å². The van der Waals surface area contributed by atoms with E-state index in [1.54, 1.807) is 7.11 Å². The number of piperidine rings is 1. The third-order valence-electron chi connectivity index (χ3n) is 5.34. The molecule has 140 valence electrons. The van der Waals surface area contributed by atoms with Crippen LogP contribution >= 0.6 is 0 Å². The molecule has 0 spiro atoms. The Morgan fingerprint density at radius 1 is 1.00 bits per heavy atom. The van der Waals surface area contributed by atoms with Gasteiger partial charge in [-0.1, -0.05) is 18.2 Å². The highest BCUT2D eigenvalue weighted by Gasteiger charge is 2.41. The first-order chi connectivity index (χ1) is 12.5. The number of nitrogens with zero attached hydrogens (tertiary/aromatic N) is 2. The number of aryl methyl sites for hydroxylation is 2. The van der Waals surface area contributed by atoms with Gasteiger partial charge < -0.3 is 9.64 Å². The molecule has 0 saturated carbocycles. The van der Waals surface area contributed by atoms with Crippen molar-refractivity contribution in [3.8, 4) is 0 Å². The fourth-order valence-corrected chi connectivity index (χ4v) is 3.70. The van der Waals surface area contributed by atoms with Gasteiger partial charge in [-0.2, -0.15) is 0 Å². The average Bonchev–Trinajstić information content (AvgIpc) is 2.89. The van der Waals surface area contributed by atoms with E-state index in [1.165, 1.54) is 16.9 Å². The zero-order chi connectivity index (χ0) is 18.7. The normalized spacial score (nSPS) is 18.3. The minimum absolute atomic E-state index is 0.152. The Morgan fingerprint density at radius 3 is 2.38 bits per heavy atom. The van der Waals surface area contributed by atoms with Gasteiger partial charge in [0.15, 0.2) is 0 Å². The molecule has 1 aromatic rings. The molecule has 1 saturated heterocycles. The van der Waals surface area contributed by atoms with Crippen molar-refractivity contribution in [2.75, 3.05) is 33.4 Å². The molecule has 3 rings (SSSR count). The highest BCUT2D eigenvalue weighted by Crippen LogP contribution is 2.33. The van der Waals surface area contributed by atoms with Crippen molar-refractivity contribution in [2.24, 2.45) is 0 Å². The van der Waals surface area contributed by atoms with Crippen molar-refractivity contribution in [1.29, 1.82) is 0 Å². The van der Waals surface area contributed by atoms with Gasteiger partial charge in [-0.25, -0.2) is 0 Å². The molecule has 1 aromatic carbocycles. The number of benzene rings is 1. The summed E-state index contributed by atoms with van der Waals surface area (Å²) in [5.41, 5.74) is 4.32. The molecule has 0 unspecified atom stereocenters. The van der Waals surface area contributed by atoms with E-state index >= 15 is 0 Å². The third kappa shape index (κ3) is 3.54. The van der Waals surface area contributed by atoms with Gasteiger partial charge in [0.2, 0.25) is 0 Å². The van der Waals surface area contributed by atoms with Crippen LogP contribution in [0.2, 0.25) is 0 Å². The summed E-state index contributed by atoms with van der Waals surface area (Å²) in [7, 11) is 1.63. The van der Waals surface area contributed by atoms with Crippen molar-refractivity contribution < 1.29 is 14.3 Å². The lowest BCUT2D eigenvalue weighted by atomic mass is 9.98. The molecule has 1 fully saturated rings. The van der Waals surface area contributed by atoms with E-state index in [9.17, 15) is 9.59 Å². The van der Waals surface area contributed by atoms with Gasteiger partial charge in [0, 0.05) is 33.4 Å². The van der Waals surface area contributed by atoms with Crippen molar-refractivity contribution in [3.05, 3.63) is 40.6 Å². The lowest BCUT2D eigenvalue weighted by Gasteiger charge is -2.29. The molecule has 2 heterocycles. The van der Waals surface area contributed by atoms with Crippen molar-refractivity contribution in [3.63, 3.8) is 0 Å². The van der Waals surface area contributed by atoms with E-state index in [4.69, 9.17) is 4.74 Å². The van der Waals surface area contributed by atoms with Crippen LogP contribution in [0, 0.1) is 13.8 Å². The second kappa shape index (κ2) is 8.04. The standard InChI is InChI=1S/C21H28N2O3/c1-15-8-9-17(14-16(15)2)18-19(22-10-5-4-6-11-22)21(25)23(20(18)24)12-7-13-26-3/h8-9,14H,4-7,10-13H2,1-3H3. The highest BCUT2D eigenvalue weighted by molar-refractivity contribution is 6.35. The topological polar surface area (TPSA) is 49.9 Å². The lowest BCUT2D eigenvalue weighted by Crippen LogP contribution is -2.37. The van der Waals surface area contributed by atoms with E-state index in [0.717, 1.165) is 37.1 Å². The summed E-state index contributed by atoms with van der Waals surface area (Å²) in [6.07, 6.45) is 3.97. The summed E-state index contributed by atoms with van der Waals surface area (Å²) < 4.78 is 5.08. The number of methoxy groups -OCH3 is 1. The maximum absolute atomic E-state index is 13.1. The largest absolute Gasteiger partial charge is 0.385 e. The summed E-state index contributed by atoms with van der Waals surface area (Å²) in [5, 5.41) is 0. The Hall–Kier alpha value is -2.14. The number of imide groups is 1. The Balaban J connectivity index is 2.00. The summed E-state index contributed by atoms with van der Waals surface area (Å²) >= 11 is 0. The minimum Gasteiger partial charge on any atom is -0.385 e. The number of likely N-dealkylation sites (tertiary alicyclic amines) is 1. The van der Waals surface area contributed by atoms with Crippen LogP contribution in [0.25, 0.3) is 5.57 Å². The highest BCUT2D eigenvalue weighted by atomic mass is 16.5. The number of rotatable bonds is 6. The third-order valence-corrected chi connectivity index (χ3v) is 5.34. The van der Waals surface area contributed by atoms with Crippen LogP contribution in [-0.2, 0) is 14.3 Å². The second-order valence-corrected chi connectivity index (χ2v) is 7.18. The van der Waals surface area contributed by atoms with Crippen LogP contribution < -0.4 is 0 Å². The second-order valence-electron chi connectivity index (χ2n) is 7.18.